The molecular formula is C9H11NO7V-4. The van der Waals surface area contributed by atoms with Crippen LogP contribution in [0.4, 0.5) is 0 Å². The fraction of sp³-hybridized carbons (Fsp3) is 0.222. The summed E-state index contributed by atoms with van der Waals surface area (Å²) in [6.45, 7) is 1.57. The second-order valence-corrected chi connectivity index (χ2v) is 2.27. The van der Waals surface area contributed by atoms with E-state index in [0.717, 1.165) is 12.1 Å². The molecule has 0 aliphatic carbocycles. The average Bonchev–Trinajstić information content (AvgIpc) is 2.19. The van der Waals surface area contributed by atoms with Crippen LogP contribution in [0.1, 0.15) is 27.9 Å². The first-order chi connectivity index (χ1) is 7.02. The third-order valence-electron chi connectivity index (χ3n) is 1.17. The molecule has 0 unspecified atom stereocenters. The van der Waals surface area contributed by atoms with E-state index in [-0.39, 0.29) is 36.1 Å². The zero-order chi connectivity index (χ0) is 11.8. The predicted octanol–water partition coefficient (Wildman–Crippen LogP) is -3.87. The summed E-state index contributed by atoms with van der Waals surface area (Å²) < 4.78 is 0. The number of carbonyl (C=O) groups excluding carboxylic acids is 2. The smallest absolute Gasteiger partial charge is 0.0900 e. The van der Waals surface area contributed by atoms with E-state index in [0.29, 0.717) is 0 Å². The molecule has 9 heteroatoms. The molecule has 0 spiro atoms. The zero-order valence-corrected chi connectivity index (χ0v) is 10.8. The van der Waals surface area contributed by atoms with Crippen molar-refractivity contribution in [2.75, 3.05) is 6.61 Å². The van der Waals surface area contributed by atoms with Crippen LogP contribution in [0.3, 0.4) is 0 Å². The Kier molecular flexibility index (Phi) is 19.2. The molecule has 3 N–H and O–H groups in total. The summed E-state index contributed by atoms with van der Waals surface area (Å²) in [5.41, 5.74) is -0.839. The molecule has 0 aromatic carbocycles. The van der Waals surface area contributed by atoms with Gasteiger partial charge >= 0.3 is 0 Å². The molecule has 0 saturated heterocycles. The van der Waals surface area contributed by atoms with E-state index in [2.05, 4.69) is 4.98 Å². The quantitative estimate of drug-likeness (QED) is 0.503. The van der Waals surface area contributed by atoms with E-state index in [1.165, 1.54) is 6.07 Å². The average molecular weight is 296 g/mol. The van der Waals surface area contributed by atoms with Gasteiger partial charge in [0.25, 0.3) is 0 Å². The first-order valence-corrected chi connectivity index (χ1v) is 4.00. The second kappa shape index (κ2) is 13.6. The van der Waals surface area contributed by atoms with Crippen LogP contribution in [0.15, 0.2) is 18.2 Å². The molecule has 8 nitrogen and oxygen atoms in total. The SMILES string of the molecule is CC[O-].O=C([O-])c1cccc(C(=O)[O-])n1.[O-2].[OH3+].[V]. The Morgan fingerprint density at radius 3 is 1.67 bits per heavy atom. The van der Waals surface area contributed by atoms with Crippen LogP contribution < -0.4 is 15.3 Å². The van der Waals surface area contributed by atoms with Gasteiger partial charge in [0.2, 0.25) is 0 Å². The van der Waals surface area contributed by atoms with Crippen LogP contribution in [0, 0.1) is 0 Å². The van der Waals surface area contributed by atoms with Gasteiger partial charge in [0.15, 0.2) is 0 Å². The van der Waals surface area contributed by atoms with Gasteiger partial charge < -0.3 is 35.9 Å². The third-order valence-corrected chi connectivity index (χ3v) is 1.17. The zero-order valence-electron chi connectivity index (χ0n) is 9.36. The summed E-state index contributed by atoms with van der Waals surface area (Å²) in [4.78, 5) is 23.6. The molecule has 103 valence electrons. The molecule has 0 saturated carbocycles. The molecule has 1 aromatic heterocycles. The summed E-state index contributed by atoms with van der Waals surface area (Å²) in [6, 6.07) is 3.53. The second-order valence-electron chi connectivity index (χ2n) is 2.27. The molecule has 18 heavy (non-hydrogen) atoms. The van der Waals surface area contributed by atoms with Gasteiger partial charge in [-0.05, 0) is 12.1 Å². The van der Waals surface area contributed by atoms with Crippen molar-refractivity contribution in [3.63, 3.8) is 0 Å². The molecule has 0 bridgehead atoms. The fourth-order valence-electron chi connectivity index (χ4n) is 0.662. The monoisotopic (exact) mass is 296 g/mol. The molecule has 1 radical (unpaired) electrons. The fourth-order valence-corrected chi connectivity index (χ4v) is 0.662. The van der Waals surface area contributed by atoms with E-state index in [4.69, 9.17) is 5.11 Å². The first kappa shape index (κ1) is 25.4. The van der Waals surface area contributed by atoms with Gasteiger partial charge in [0.05, 0.1) is 23.3 Å². The van der Waals surface area contributed by atoms with E-state index in [9.17, 15) is 19.8 Å². The number of carboxylic acid groups (broad SMARTS) is 2. The predicted molar refractivity (Wildman–Crippen MR) is 49.0 cm³/mol. The minimum absolute atomic E-state index is 0. The topological polar surface area (TPSA) is 178 Å². The van der Waals surface area contributed by atoms with Crippen molar-refractivity contribution in [1.82, 2.24) is 4.98 Å². The van der Waals surface area contributed by atoms with Gasteiger partial charge in [0.1, 0.15) is 0 Å². The Morgan fingerprint density at radius 2 is 1.44 bits per heavy atom. The summed E-state index contributed by atoms with van der Waals surface area (Å²) in [6.07, 6.45) is 0. The number of hydrogen-bond acceptors (Lipinski definition) is 6. The Labute approximate surface area is 115 Å². The standard InChI is InChI=1S/C7H5NO4.C2H5O.H2O.O.V/c9-6(10)4-2-1-3-5(8-4)7(11)12;1-2-3;;;/h1-3H,(H,9,10)(H,11,12);2H2,1H3;1H2;;/q;-1;;-2;/p-1. The number of nitrogens with zero attached hydrogens (tertiary/aromatic N) is 1. The molecule has 1 aromatic rings. The molecule has 0 aliphatic heterocycles. The molecule has 1 rings (SSSR count). The van der Waals surface area contributed by atoms with Crippen LogP contribution in [0.2, 0.25) is 0 Å². The van der Waals surface area contributed by atoms with Crippen molar-refractivity contribution in [2.45, 2.75) is 6.92 Å². The molecule has 0 aliphatic rings. The molecule has 0 amide bonds. The van der Waals surface area contributed by atoms with Crippen LogP contribution in [0.25, 0.3) is 0 Å². The molecule has 1 heterocycles. The van der Waals surface area contributed by atoms with Crippen LogP contribution in [-0.2, 0) is 29.5 Å². The third kappa shape index (κ3) is 9.76. The van der Waals surface area contributed by atoms with Gasteiger partial charge in [-0.15, -0.1) is 6.61 Å². The van der Waals surface area contributed by atoms with Crippen molar-refractivity contribution in [1.29, 1.82) is 0 Å². The maximum atomic E-state index is 10.2. The maximum absolute atomic E-state index is 10.2. The number of pyridine rings is 1. The minimum atomic E-state index is -1.52. The molecular weight excluding hydrogens is 285 g/mol. The van der Waals surface area contributed by atoms with Gasteiger partial charge in [0, 0.05) is 18.6 Å². The number of aromatic carboxylic acids is 2. The Morgan fingerprint density at radius 1 is 1.17 bits per heavy atom. The van der Waals surface area contributed by atoms with Crippen molar-refractivity contribution in [2.24, 2.45) is 0 Å². The Balaban J connectivity index is -0.000000149. The van der Waals surface area contributed by atoms with E-state index < -0.39 is 23.3 Å². The summed E-state index contributed by atoms with van der Waals surface area (Å²) >= 11 is 0. The van der Waals surface area contributed by atoms with Gasteiger partial charge in [-0.2, -0.15) is 0 Å². The number of aromatic nitrogens is 1. The number of carbonyl (C=O) groups is 2. The molecule has 0 fully saturated rings. The van der Waals surface area contributed by atoms with Gasteiger partial charge in [-0.25, -0.2) is 4.98 Å². The number of hydrogen-bond donors (Lipinski definition) is 0. The van der Waals surface area contributed by atoms with Gasteiger partial charge in [-0.3, -0.25) is 0 Å². The van der Waals surface area contributed by atoms with Crippen LogP contribution >= 0.6 is 0 Å². The maximum Gasteiger partial charge on any atom is 0.0900 e. The summed E-state index contributed by atoms with van der Waals surface area (Å²) in [5, 5.41) is 29.3. The van der Waals surface area contributed by atoms with Crippen molar-refractivity contribution >= 4 is 11.9 Å². The minimum Gasteiger partial charge on any atom is -2.00 e. The molecule has 0 atom stereocenters. The summed E-state index contributed by atoms with van der Waals surface area (Å²) in [7, 11) is 0. The normalized spacial score (nSPS) is 7.22. The van der Waals surface area contributed by atoms with Crippen LogP contribution in [0.5, 0.6) is 0 Å². The van der Waals surface area contributed by atoms with E-state index in [1.807, 2.05) is 0 Å². The van der Waals surface area contributed by atoms with E-state index in [1.54, 1.807) is 6.92 Å². The Bertz CT molecular complexity index is 329. The Hall–Kier alpha value is -1.45. The van der Waals surface area contributed by atoms with E-state index >= 15 is 0 Å². The van der Waals surface area contributed by atoms with Crippen molar-refractivity contribution in [3.05, 3.63) is 29.6 Å². The first-order valence-electron chi connectivity index (χ1n) is 4.00. The number of rotatable bonds is 2. The van der Waals surface area contributed by atoms with Crippen molar-refractivity contribution < 1.29 is 54.4 Å². The van der Waals surface area contributed by atoms with Crippen LogP contribution in [-0.4, -0.2) is 23.5 Å². The van der Waals surface area contributed by atoms with Gasteiger partial charge in [-0.1, -0.05) is 13.0 Å². The largest absolute Gasteiger partial charge is 2.00 e. The van der Waals surface area contributed by atoms with Crippen molar-refractivity contribution in [3.8, 4) is 0 Å². The number of carboxylic acids is 2. The summed E-state index contributed by atoms with van der Waals surface area (Å²) in [5.74, 6) is -3.03.